The summed E-state index contributed by atoms with van der Waals surface area (Å²) in [6, 6.07) is 0. The van der Waals surface area contributed by atoms with Gasteiger partial charge in [0.2, 0.25) is 5.92 Å². The Hall–Kier alpha value is -1.10. The summed E-state index contributed by atoms with van der Waals surface area (Å²) in [5, 5.41) is 9.96. The molecule has 0 aliphatic heterocycles. The van der Waals surface area contributed by atoms with Crippen molar-refractivity contribution in [3.8, 4) is 0 Å². The lowest BCUT2D eigenvalue weighted by Gasteiger charge is -2.29. The van der Waals surface area contributed by atoms with Gasteiger partial charge in [-0.05, 0) is 37.7 Å². The number of rotatable bonds is 3. The average molecular weight is 256 g/mol. The Morgan fingerprint density at radius 1 is 1.44 bits per heavy atom. The summed E-state index contributed by atoms with van der Waals surface area (Å²) in [7, 11) is 0. The van der Waals surface area contributed by atoms with Crippen molar-refractivity contribution in [1.29, 1.82) is 0 Å². The van der Waals surface area contributed by atoms with Gasteiger partial charge in [0.05, 0.1) is 0 Å². The van der Waals surface area contributed by atoms with Crippen molar-refractivity contribution in [2.24, 2.45) is 5.92 Å². The molecule has 1 aliphatic rings. The maximum Gasteiger partial charge on any atom is 0.248 e. The molecule has 1 N–H and O–H groups in total. The number of aromatic nitrogens is 2. The van der Waals surface area contributed by atoms with E-state index in [1.54, 1.807) is 12.4 Å². The van der Waals surface area contributed by atoms with Gasteiger partial charge in [0, 0.05) is 25.2 Å². The zero-order valence-electron chi connectivity index (χ0n) is 10.4. The van der Waals surface area contributed by atoms with Crippen molar-refractivity contribution >= 4 is 0 Å². The van der Waals surface area contributed by atoms with Crippen LogP contribution in [0, 0.1) is 12.8 Å². The van der Waals surface area contributed by atoms with Crippen LogP contribution in [0.1, 0.15) is 49.6 Å². The number of hydrogen-bond donors (Lipinski definition) is 1. The van der Waals surface area contributed by atoms with Gasteiger partial charge >= 0.3 is 0 Å². The number of halogens is 2. The molecule has 2 unspecified atom stereocenters. The van der Waals surface area contributed by atoms with E-state index >= 15 is 0 Å². The van der Waals surface area contributed by atoms with Crippen LogP contribution in [-0.4, -0.2) is 21.0 Å². The van der Waals surface area contributed by atoms with Crippen LogP contribution in [0.3, 0.4) is 0 Å². The van der Waals surface area contributed by atoms with Gasteiger partial charge in [-0.3, -0.25) is 0 Å². The first-order valence-electron chi connectivity index (χ1n) is 6.31. The Bertz CT molecular complexity index is 394. The molecule has 1 aromatic rings. The van der Waals surface area contributed by atoms with Gasteiger partial charge in [-0.2, -0.15) is 0 Å². The van der Waals surface area contributed by atoms with Gasteiger partial charge in [0.15, 0.2) is 5.82 Å². The second kappa shape index (κ2) is 5.26. The van der Waals surface area contributed by atoms with E-state index in [4.69, 9.17) is 0 Å². The standard InChI is InChI=1S/C13H18F2N2O/c1-9-7-16-12(17-8-9)11(18)5-10-3-2-4-13(14,15)6-10/h7-8,10-11,18H,2-6H2,1H3. The van der Waals surface area contributed by atoms with E-state index in [9.17, 15) is 13.9 Å². The lowest BCUT2D eigenvalue weighted by atomic mass is 9.83. The van der Waals surface area contributed by atoms with Gasteiger partial charge in [-0.1, -0.05) is 0 Å². The van der Waals surface area contributed by atoms with Gasteiger partial charge in [-0.15, -0.1) is 0 Å². The molecule has 0 spiro atoms. The van der Waals surface area contributed by atoms with Crippen LogP contribution in [0.5, 0.6) is 0 Å². The molecule has 1 aliphatic carbocycles. The van der Waals surface area contributed by atoms with Crippen molar-refractivity contribution in [1.82, 2.24) is 9.97 Å². The lowest BCUT2D eigenvalue weighted by Crippen LogP contribution is -2.27. The van der Waals surface area contributed by atoms with Crippen LogP contribution in [0.2, 0.25) is 0 Å². The van der Waals surface area contributed by atoms with Gasteiger partial charge < -0.3 is 5.11 Å². The highest BCUT2D eigenvalue weighted by Gasteiger charge is 2.37. The fourth-order valence-electron chi connectivity index (χ4n) is 2.47. The predicted octanol–water partition coefficient (Wildman–Crippen LogP) is 3.03. The van der Waals surface area contributed by atoms with E-state index in [-0.39, 0.29) is 18.8 Å². The smallest absolute Gasteiger partial charge is 0.248 e. The first-order valence-corrected chi connectivity index (χ1v) is 6.31. The summed E-state index contributed by atoms with van der Waals surface area (Å²) in [6.45, 7) is 1.86. The highest BCUT2D eigenvalue weighted by Crippen LogP contribution is 2.39. The third-order valence-electron chi connectivity index (χ3n) is 3.40. The molecule has 0 bridgehead atoms. The number of alkyl halides is 2. The second-order valence-electron chi connectivity index (χ2n) is 5.19. The average Bonchev–Trinajstić information content (AvgIpc) is 2.28. The van der Waals surface area contributed by atoms with Crippen LogP contribution >= 0.6 is 0 Å². The zero-order chi connectivity index (χ0) is 13.2. The summed E-state index contributed by atoms with van der Waals surface area (Å²) in [5.74, 6) is -2.39. The molecule has 2 rings (SSSR count). The summed E-state index contributed by atoms with van der Waals surface area (Å²) in [5.41, 5.74) is 0.912. The Morgan fingerprint density at radius 3 is 2.72 bits per heavy atom. The largest absolute Gasteiger partial charge is 0.385 e. The number of nitrogens with zero attached hydrogens (tertiary/aromatic N) is 2. The van der Waals surface area contributed by atoms with Crippen LogP contribution in [0.15, 0.2) is 12.4 Å². The van der Waals surface area contributed by atoms with Gasteiger partial charge in [0.25, 0.3) is 0 Å². The minimum absolute atomic E-state index is 0.0272. The fraction of sp³-hybridized carbons (Fsp3) is 0.692. The first-order chi connectivity index (χ1) is 8.46. The maximum atomic E-state index is 13.2. The van der Waals surface area contributed by atoms with Crippen LogP contribution in [0.25, 0.3) is 0 Å². The van der Waals surface area contributed by atoms with E-state index in [2.05, 4.69) is 9.97 Å². The molecular weight excluding hydrogens is 238 g/mol. The number of aliphatic hydroxyl groups excluding tert-OH is 1. The van der Waals surface area contributed by atoms with Crippen LogP contribution < -0.4 is 0 Å². The highest BCUT2D eigenvalue weighted by atomic mass is 19.3. The van der Waals surface area contributed by atoms with Crippen molar-refractivity contribution in [2.45, 2.75) is 51.1 Å². The van der Waals surface area contributed by atoms with Gasteiger partial charge in [-0.25, -0.2) is 18.7 Å². The monoisotopic (exact) mass is 256 g/mol. The lowest BCUT2D eigenvalue weighted by molar-refractivity contribution is -0.0594. The zero-order valence-corrected chi connectivity index (χ0v) is 10.4. The summed E-state index contributed by atoms with van der Waals surface area (Å²) in [6.07, 6.45) is 3.85. The summed E-state index contributed by atoms with van der Waals surface area (Å²) < 4.78 is 26.5. The van der Waals surface area contributed by atoms with Crippen LogP contribution in [0.4, 0.5) is 8.78 Å². The molecule has 18 heavy (non-hydrogen) atoms. The molecular formula is C13H18F2N2O. The Kier molecular flexibility index (Phi) is 3.90. The molecule has 0 aromatic carbocycles. The molecule has 1 fully saturated rings. The van der Waals surface area contributed by atoms with E-state index in [0.29, 0.717) is 18.7 Å². The third-order valence-corrected chi connectivity index (χ3v) is 3.40. The molecule has 0 amide bonds. The summed E-state index contributed by atoms with van der Waals surface area (Å²) >= 11 is 0. The number of hydrogen-bond acceptors (Lipinski definition) is 3. The minimum atomic E-state index is -2.57. The Balaban J connectivity index is 1.94. The molecule has 1 aromatic heterocycles. The molecule has 0 saturated heterocycles. The van der Waals surface area contributed by atoms with E-state index < -0.39 is 12.0 Å². The molecule has 100 valence electrons. The van der Waals surface area contributed by atoms with Crippen LogP contribution in [-0.2, 0) is 0 Å². The molecule has 5 heteroatoms. The second-order valence-corrected chi connectivity index (χ2v) is 5.19. The van der Waals surface area contributed by atoms with Crippen molar-refractivity contribution in [2.75, 3.05) is 0 Å². The molecule has 1 heterocycles. The summed E-state index contributed by atoms with van der Waals surface area (Å²) in [4.78, 5) is 8.06. The van der Waals surface area contributed by atoms with E-state index in [1.807, 2.05) is 6.92 Å². The predicted molar refractivity (Wildman–Crippen MR) is 63.3 cm³/mol. The maximum absolute atomic E-state index is 13.2. The SMILES string of the molecule is Cc1cnc(C(O)CC2CCCC(F)(F)C2)nc1. The normalized spacial score (nSPS) is 24.8. The first kappa shape index (κ1) is 13.3. The number of aryl methyl sites for hydroxylation is 1. The Labute approximate surface area is 105 Å². The van der Waals surface area contributed by atoms with Gasteiger partial charge in [0.1, 0.15) is 6.10 Å². The molecule has 0 radical (unpaired) electrons. The highest BCUT2D eigenvalue weighted by molar-refractivity contribution is 5.03. The topological polar surface area (TPSA) is 46.0 Å². The van der Waals surface area contributed by atoms with E-state index in [1.165, 1.54) is 0 Å². The fourth-order valence-corrected chi connectivity index (χ4v) is 2.47. The molecule has 3 nitrogen and oxygen atoms in total. The third kappa shape index (κ3) is 3.45. The van der Waals surface area contributed by atoms with E-state index in [0.717, 1.165) is 12.0 Å². The molecule has 1 saturated carbocycles. The number of aliphatic hydroxyl groups is 1. The van der Waals surface area contributed by atoms with Crippen molar-refractivity contribution in [3.63, 3.8) is 0 Å². The van der Waals surface area contributed by atoms with Crippen molar-refractivity contribution < 1.29 is 13.9 Å². The van der Waals surface area contributed by atoms with Crippen molar-refractivity contribution in [3.05, 3.63) is 23.8 Å². The molecule has 2 atom stereocenters. The minimum Gasteiger partial charge on any atom is -0.385 e. The quantitative estimate of drug-likeness (QED) is 0.904. The Morgan fingerprint density at radius 2 is 2.11 bits per heavy atom.